The van der Waals surface area contributed by atoms with Gasteiger partial charge in [0.15, 0.2) is 0 Å². The van der Waals surface area contributed by atoms with Crippen molar-refractivity contribution in [1.82, 2.24) is 4.98 Å². The highest BCUT2D eigenvalue weighted by atomic mass is 16.5. The number of carbonyl (C=O) groups excluding carboxylic acids is 1. The molecule has 0 atom stereocenters. The van der Waals surface area contributed by atoms with Crippen molar-refractivity contribution in [3.63, 3.8) is 0 Å². The van der Waals surface area contributed by atoms with Crippen molar-refractivity contribution in [1.29, 1.82) is 0 Å². The van der Waals surface area contributed by atoms with Gasteiger partial charge in [-0.2, -0.15) is 0 Å². The number of methoxy groups -OCH3 is 2. The second kappa shape index (κ2) is 8.43. The summed E-state index contributed by atoms with van der Waals surface area (Å²) in [6.07, 6.45) is 1.61. The van der Waals surface area contributed by atoms with Crippen LogP contribution in [-0.2, 0) is 0 Å². The summed E-state index contributed by atoms with van der Waals surface area (Å²) >= 11 is 0. The number of rotatable bonds is 6. The summed E-state index contributed by atoms with van der Waals surface area (Å²) in [6, 6.07) is 14.8. The monoisotopic (exact) mass is 377 g/mol. The lowest BCUT2D eigenvalue weighted by Gasteiger charge is -2.13. The molecule has 0 radical (unpaired) electrons. The number of pyridine rings is 1. The number of benzene rings is 2. The van der Waals surface area contributed by atoms with Crippen LogP contribution in [-0.4, -0.2) is 25.1 Å². The second-order valence-corrected chi connectivity index (χ2v) is 6.32. The minimum atomic E-state index is -0.251. The number of hydrogen-bond donors (Lipinski definition) is 2. The zero-order valence-electron chi connectivity index (χ0n) is 16.4. The van der Waals surface area contributed by atoms with E-state index in [1.807, 2.05) is 50.2 Å². The normalized spacial score (nSPS) is 10.3. The van der Waals surface area contributed by atoms with Gasteiger partial charge in [-0.15, -0.1) is 0 Å². The average molecular weight is 377 g/mol. The maximum Gasteiger partial charge on any atom is 0.274 e. The molecular formula is C22H23N3O3. The van der Waals surface area contributed by atoms with Gasteiger partial charge in [0, 0.05) is 11.8 Å². The van der Waals surface area contributed by atoms with Crippen molar-refractivity contribution in [3.05, 3.63) is 71.5 Å². The number of carbonyl (C=O) groups is 1. The summed E-state index contributed by atoms with van der Waals surface area (Å²) in [4.78, 5) is 16.8. The Kier molecular flexibility index (Phi) is 5.79. The molecule has 28 heavy (non-hydrogen) atoms. The summed E-state index contributed by atoms with van der Waals surface area (Å²) in [5.74, 6) is 1.14. The molecule has 0 fully saturated rings. The zero-order valence-corrected chi connectivity index (χ0v) is 16.4. The van der Waals surface area contributed by atoms with Crippen LogP contribution in [0.4, 0.5) is 17.1 Å². The first-order valence-electron chi connectivity index (χ1n) is 8.84. The van der Waals surface area contributed by atoms with Gasteiger partial charge in [-0.25, -0.2) is 4.98 Å². The van der Waals surface area contributed by atoms with Crippen LogP contribution in [0.2, 0.25) is 0 Å². The number of amides is 1. The zero-order chi connectivity index (χ0) is 20.1. The number of aryl methyl sites for hydroxylation is 1. The van der Waals surface area contributed by atoms with Crippen LogP contribution >= 0.6 is 0 Å². The van der Waals surface area contributed by atoms with Gasteiger partial charge in [-0.05, 0) is 55.3 Å². The summed E-state index contributed by atoms with van der Waals surface area (Å²) in [6.45, 7) is 3.99. The molecule has 0 saturated carbocycles. The molecule has 1 amide bonds. The first kappa shape index (κ1) is 19.2. The fourth-order valence-corrected chi connectivity index (χ4v) is 2.74. The van der Waals surface area contributed by atoms with E-state index >= 15 is 0 Å². The molecule has 1 heterocycles. The van der Waals surface area contributed by atoms with E-state index in [4.69, 9.17) is 9.47 Å². The van der Waals surface area contributed by atoms with Gasteiger partial charge in [-0.1, -0.05) is 12.1 Å². The summed E-state index contributed by atoms with van der Waals surface area (Å²) < 4.78 is 10.6. The van der Waals surface area contributed by atoms with Gasteiger partial charge < -0.3 is 20.1 Å². The SMILES string of the molecule is COc1ccc(OC)c(Nc2ccc(C(=O)Nc3cccc(C)c3C)nc2)c1. The minimum absolute atomic E-state index is 0.251. The molecule has 3 aromatic rings. The molecule has 0 unspecified atom stereocenters. The molecule has 0 bridgehead atoms. The molecule has 0 spiro atoms. The van der Waals surface area contributed by atoms with Crippen LogP contribution in [0.25, 0.3) is 0 Å². The van der Waals surface area contributed by atoms with E-state index in [0.717, 1.165) is 28.2 Å². The molecule has 0 aliphatic rings. The van der Waals surface area contributed by atoms with Crippen LogP contribution < -0.4 is 20.1 Å². The molecule has 6 nitrogen and oxygen atoms in total. The predicted molar refractivity (Wildman–Crippen MR) is 111 cm³/mol. The maximum absolute atomic E-state index is 12.5. The van der Waals surface area contributed by atoms with Gasteiger partial charge in [0.25, 0.3) is 5.91 Å². The van der Waals surface area contributed by atoms with Crippen LogP contribution in [0.15, 0.2) is 54.7 Å². The first-order chi connectivity index (χ1) is 13.5. The molecule has 2 N–H and O–H groups in total. The van der Waals surface area contributed by atoms with Gasteiger partial charge in [0.1, 0.15) is 17.2 Å². The predicted octanol–water partition coefficient (Wildman–Crippen LogP) is 4.71. The number of ether oxygens (including phenoxy) is 2. The van der Waals surface area contributed by atoms with Gasteiger partial charge in [-0.3, -0.25) is 4.79 Å². The van der Waals surface area contributed by atoms with Crippen molar-refractivity contribution in [2.24, 2.45) is 0 Å². The Morgan fingerprint density at radius 1 is 0.964 bits per heavy atom. The molecule has 2 aromatic carbocycles. The Balaban J connectivity index is 1.75. The summed E-state index contributed by atoms with van der Waals surface area (Å²) in [5.41, 5.74) is 4.77. The van der Waals surface area contributed by atoms with E-state index in [0.29, 0.717) is 17.2 Å². The van der Waals surface area contributed by atoms with Gasteiger partial charge in [0.05, 0.1) is 31.8 Å². The molecule has 144 valence electrons. The molecule has 6 heteroatoms. The Morgan fingerprint density at radius 2 is 1.79 bits per heavy atom. The lowest BCUT2D eigenvalue weighted by atomic mass is 10.1. The first-order valence-corrected chi connectivity index (χ1v) is 8.84. The fraction of sp³-hybridized carbons (Fsp3) is 0.182. The van der Waals surface area contributed by atoms with Crippen molar-refractivity contribution in [2.75, 3.05) is 24.9 Å². The number of nitrogens with zero attached hydrogens (tertiary/aromatic N) is 1. The van der Waals surface area contributed by atoms with E-state index < -0.39 is 0 Å². The molecule has 0 aliphatic carbocycles. The van der Waals surface area contributed by atoms with Crippen molar-refractivity contribution >= 4 is 23.0 Å². The topological polar surface area (TPSA) is 72.5 Å². The lowest BCUT2D eigenvalue weighted by molar-refractivity contribution is 0.102. The van der Waals surface area contributed by atoms with Crippen LogP contribution in [0, 0.1) is 13.8 Å². The Morgan fingerprint density at radius 3 is 2.46 bits per heavy atom. The molecule has 1 aromatic heterocycles. The van der Waals surface area contributed by atoms with E-state index in [1.165, 1.54) is 0 Å². The number of hydrogen-bond acceptors (Lipinski definition) is 5. The van der Waals surface area contributed by atoms with E-state index in [1.54, 1.807) is 32.5 Å². The van der Waals surface area contributed by atoms with E-state index in [2.05, 4.69) is 15.6 Å². The number of aromatic nitrogens is 1. The van der Waals surface area contributed by atoms with Gasteiger partial charge >= 0.3 is 0 Å². The Hall–Kier alpha value is -3.54. The average Bonchev–Trinajstić information content (AvgIpc) is 2.71. The smallest absolute Gasteiger partial charge is 0.274 e. The Labute approximate surface area is 164 Å². The second-order valence-electron chi connectivity index (χ2n) is 6.32. The third kappa shape index (κ3) is 4.23. The summed E-state index contributed by atoms with van der Waals surface area (Å²) in [7, 11) is 3.21. The Bertz CT molecular complexity index is 985. The number of anilines is 3. The molecule has 3 rings (SSSR count). The molecule has 0 aliphatic heterocycles. The van der Waals surface area contributed by atoms with Crippen LogP contribution in [0.3, 0.4) is 0 Å². The van der Waals surface area contributed by atoms with Crippen LogP contribution in [0.1, 0.15) is 21.6 Å². The summed E-state index contributed by atoms with van der Waals surface area (Å²) in [5, 5.41) is 6.14. The third-order valence-corrected chi connectivity index (χ3v) is 4.53. The largest absolute Gasteiger partial charge is 0.497 e. The van der Waals surface area contributed by atoms with E-state index in [-0.39, 0.29) is 5.91 Å². The quantitative estimate of drug-likeness (QED) is 0.651. The van der Waals surface area contributed by atoms with Crippen molar-refractivity contribution < 1.29 is 14.3 Å². The van der Waals surface area contributed by atoms with Gasteiger partial charge in [0.2, 0.25) is 0 Å². The van der Waals surface area contributed by atoms with E-state index in [9.17, 15) is 4.79 Å². The highest BCUT2D eigenvalue weighted by Gasteiger charge is 2.11. The van der Waals surface area contributed by atoms with Crippen molar-refractivity contribution in [2.45, 2.75) is 13.8 Å². The minimum Gasteiger partial charge on any atom is -0.497 e. The highest BCUT2D eigenvalue weighted by molar-refractivity contribution is 6.03. The standard InChI is InChI=1S/C22H23N3O3/c1-14-6-5-7-18(15(14)2)25-22(26)19-10-8-16(13-23-19)24-20-12-17(27-3)9-11-21(20)28-4/h5-13,24H,1-4H3,(H,25,26). The maximum atomic E-state index is 12.5. The lowest BCUT2D eigenvalue weighted by Crippen LogP contribution is -2.14. The van der Waals surface area contributed by atoms with Crippen molar-refractivity contribution in [3.8, 4) is 11.5 Å². The fourth-order valence-electron chi connectivity index (χ4n) is 2.74. The number of nitrogens with one attached hydrogen (secondary N) is 2. The third-order valence-electron chi connectivity index (χ3n) is 4.53. The highest BCUT2D eigenvalue weighted by Crippen LogP contribution is 2.31. The molecule has 0 saturated heterocycles. The van der Waals surface area contributed by atoms with Crippen LogP contribution in [0.5, 0.6) is 11.5 Å². The molecular weight excluding hydrogens is 354 g/mol.